The van der Waals surface area contributed by atoms with Crippen LogP contribution >= 0.6 is 0 Å². The number of benzene rings is 1. The molecule has 1 aliphatic heterocycles. The van der Waals surface area contributed by atoms with Crippen LogP contribution in [0.2, 0.25) is 0 Å². The highest BCUT2D eigenvalue weighted by Gasteiger charge is 2.19. The minimum absolute atomic E-state index is 0.0407. The third kappa shape index (κ3) is 2.90. The van der Waals surface area contributed by atoms with Gasteiger partial charge in [-0.3, -0.25) is 14.5 Å². The quantitative estimate of drug-likeness (QED) is 0.848. The molecule has 1 fully saturated rings. The lowest BCUT2D eigenvalue weighted by molar-refractivity contribution is -0.130. The molecule has 0 atom stereocenters. The number of amides is 1. The van der Waals surface area contributed by atoms with Crippen LogP contribution in [0, 0.1) is 6.92 Å². The Morgan fingerprint density at radius 3 is 2.64 bits per heavy atom. The van der Waals surface area contributed by atoms with E-state index in [1.54, 1.807) is 13.2 Å². The van der Waals surface area contributed by atoms with Crippen molar-refractivity contribution in [3.63, 3.8) is 0 Å². The zero-order chi connectivity index (χ0) is 15.7. The van der Waals surface area contributed by atoms with Gasteiger partial charge in [-0.1, -0.05) is 11.6 Å². The van der Waals surface area contributed by atoms with Gasteiger partial charge in [0.05, 0.1) is 11.6 Å². The topological polar surface area (TPSA) is 53.8 Å². The molecule has 1 aliphatic rings. The summed E-state index contributed by atoms with van der Waals surface area (Å²) in [6.07, 6.45) is 1.57. The lowest BCUT2D eigenvalue weighted by Crippen LogP contribution is -2.47. The zero-order valence-electron chi connectivity index (χ0n) is 13.0. The van der Waals surface area contributed by atoms with E-state index in [-0.39, 0.29) is 11.3 Å². The van der Waals surface area contributed by atoms with Crippen molar-refractivity contribution in [1.29, 1.82) is 0 Å². The molecule has 0 radical (unpaired) electrons. The Kier molecular flexibility index (Phi) is 3.98. The molecule has 116 valence electrons. The number of carbonyl (C=O) groups excluding carboxylic acids is 1. The Bertz CT molecular complexity index is 758. The van der Waals surface area contributed by atoms with Crippen molar-refractivity contribution in [3.8, 4) is 0 Å². The first-order valence-corrected chi connectivity index (χ1v) is 7.53. The minimum Gasteiger partial charge on any atom is -0.464 e. The number of hydrogen-bond acceptors (Lipinski definition) is 4. The number of fused-ring (bicyclic) bond motifs is 1. The minimum atomic E-state index is 0.0407. The Morgan fingerprint density at radius 2 is 1.95 bits per heavy atom. The molecular formula is C17H20N2O3. The third-order valence-corrected chi connectivity index (χ3v) is 4.21. The largest absolute Gasteiger partial charge is 0.464 e. The summed E-state index contributed by atoms with van der Waals surface area (Å²) in [5.41, 5.74) is 2.39. The fraction of sp³-hybridized carbons (Fsp3) is 0.412. The molecule has 0 aliphatic carbocycles. The van der Waals surface area contributed by atoms with Gasteiger partial charge in [0.25, 0.3) is 0 Å². The molecule has 2 heterocycles. The summed E-state index contributed by atoms with van der Waals surface area (Å²) < 4.78 is 5.59. The molecule has 1 amide bonds. The lowest BCUT2D eigenvalue weighted by atomic mass is 10.1. The van der Waals surface area contributed by atoms with Gasteiger partial charge in [-0.15, -0.1) is 0 Å². The van der Waals surface area contributed by atoms with Gasteiger partial charge in [0.1, 0.15) is 5.58 Å². The van der Waals surface area contributed by atoms with E-state index in [0.29, 0.717) is 36.2 Å². The number of carbonyl (C=O) groups is 1. The van der Waals surface area contributed by atoms with Crippen LogP contribution in [0.5, 0.6) is 0 Å². The highest BCUT2D eigenvalue weighted by molar-refractivity contribution is 5.77. The first-order valence-electron chi connectivity index (χ1n) is 7.53. The van der Waals surface area contributed by atoms with Gasteiger partial charge in [0.2, 0.25) is 5.91 Å². The number of nitrogens with zero attached hydrogens (tertiary/aromatic N) is 2. The van der Waals surface area contributed by atoms with Crippen LogP contribution in [0.3, 0.4) is 0 Å². The molecule has 0 unspecified atom stereocenters. The molecule has 1 saturated heterocycles. The number of piperazine rings is 1. The lowest BCUT2D eigenvalue weighted by Gasteiger charge is -2.33. The highest BCUT2D eigenvalue weighted by atomic mass is 16.3. The predicted molar refractivity (Wildman–Crippen MR) is 84.8 cm³/mol. The van der Waals surface area contributed by atoms with E-state index in [0.717, 1.165) is 18.7 Å². The van der Waals surface area contributed by atoms with Crippen LogP contribution in [0.4, 0.5) is 0 Å². The van der Waals surface area contributed by atoms with Gasteiger partial charge >= 0.3 is 0 Å². The molecule has 0 N–H and O–H groups in total. The fourth-order valence-electron chi connectivity index (χ4n) is 2.86. The normalized spacial score (nSPS) is 16.2. The van der Waals surface area contributed by atoms with Crippen molar-refractivity contribution in [3.05, 3.63) is 45.8 Å². The van der Waals surface area contributed by atoms with E-state index < -0.39 is 0 Å². The second kappa shape index (κ2) is 5.93. The van der Waals surface area contributed by atoms with E-state index in [9.17, 15) is 9.59 Å². The van der Waals surface area contributed by atoms with Crippen molar-refractivity contribution in [2.45, 2.75) is 20.4 Å². The van der Waals surface area contributed by atoms with Gasteiger partial charge in [-0.2, -0.15) is 0 Å². The summed E-state index contributed by atoms with van der Waals surface area (Å²) in [7, 11) is 0. The van der Waals surface area contributed by atoms with Crippen molar-refractivity contribution in [2.24, 2.45) is 0 Å². The van der Waals surface area contributed by atoms with Gasteiger partial charge < -0.3 is 9.32 Å². The smallest absolute Gasteiger partial charge is 0.219 e. The summed E-state index contributed by atoms with van der Waals surface area (Å²) in [4.78, 5) is 27.9. The van der Waals surface area contributed by atoms with E-state index in [4.69, 9.17) is 4.42 Å². The van der Waals surface area contributed by atoms with Crippen LogP contribution in [0.25, 0.3) is 11.0 Å². The van der Waals surface area contributed by atoms with Crippen LogP contribution in [-0.4, -0.2) is 41.9 Å². The molecule has 1 aromatic heterocycles. The summed E-state index contributed by atoms with van der Waals surface area (Å²) >= 11 is 0. The third-order valence-electron chi connectivity index (χ3n) is 4.21. The fourth-order valence-corrected chi connectivity index (χ4v) is 2.86. The van der Waals surface area contributed by atoms with Crippen molar-refractivity contribution < 1.29 is 9.21 Å². The summed E-state index contributed by atoms with van der Waals surface area (Å²) in [5.74, 6) is 0.111. The van der Waals surface area contributed by atoms with Crippen molar-refractivity contribution in [2.75, 3.05) is 26.2 Å². The van der Waals surface area contributed by atoms with Gasteiger partial charge in [0.15, 0.2) is 5.43 Å². The van der Waals surface area contributed by atoms with Crippen molar-refractivity contribution in [1.82, 2.24) is 9.80 Å². The van der Waals surface area contributed by atoms with Crippen LogP contribution < -0.4 is 5.43 Å². The molecule has 0 spiro atoms. The molecule has 0 saturated carbocycles. The standard InChI is InChI=1S/C17H20N2O3/c1-12-3-4-16-15(9-12)17(21)14(11-22-16)10-18-5-7-19(8-6-18)13(2)20/h3-4,9,11H,5-8,10H2,1-2H3. The summed E-state index contributed by atoms with van der Waals surface area (Å²) in [5, 5.41) is 0.639. The Labute approximate surface area is 129 Å². The Balaban J connectivity index is 1.79. The highest BCUT2D eigenvalue weighted by Crippen LogP contribution is 2.14. The number of hydrogen-bond donors (Lipinski definition) is 0. The molecule has 2 aromatic rings. The average Bonchev–Trinajstić information content (AvgIpc) is 2.51. The van der Waals surface area contributed by atoms with E-state index in [2.05, 4.69) is 4.90 Å². The number of rotatable bonds is 2. The van der Waals surface area contributed by atoms with E-state index >= 15 is 0 Å². The summed E-state index contributed by atoms with van der Waals surface area (Å²) in [6.45, 7) is 7.12. The molecule has 0 bridgehead atoms. The zero-order valence-corrected chi connectivity index (χ0v) is 13.0. The van der Waals surface area contributed by atoms with Crippen LogP contribution in [-0.2, 0) is 11.3 Å². The van der Waals surface area contributed by atoms with Gasteiger partial charge in [-0.25, -0.2) is 0 Å². The van der Waals surface area contributed by atoms with Crippen molar-refractivity contribution >= 4 is 16.9 Å². The maximum atomic E-state index is 12.6. The maximum Gasteiger partial charge on any atom is 0.219 e. The first kappa shape index (κ1) is 14.8. The summed E-state index contributed by atoms with van der Waals surface area (Å²) in [6, 6.07) is 5.64. The van der Waals surface area contributed by atoms with E-state index in [1.807, 2.05) is 30.0 Å². The SMILES string of the molecule is CC(=O)N1CCN(Cc2coc3ccc(C)cc3c2=O)CC1. The Hall–Kier alpha value is -2.14. The second-order valence-electron chi connectivity index (χ2n) is 5.87. The molecular weight excluding hydrogens is 280 g/mol. The average molecular weight is 300 g/mol. The Morgan fingerprint density at radius 1 is 1.23 bits per heavy atom. The second-order valence-corrected chi connectivity index (χ2v) is 5.87. The molecule has 22 heavy (non-hydrogen) atoms. The molecule has 5 nitrogen and oxygen atoms in total. The van der Waals surface area contributed by atoms with Crippen LogP contribution in [0.1, 0.15) is 18.1 Å². The van der Waals surface area contributed by atoms with Gasteiger partial charge in [-0.05, 0) is 19.1 Å². The first-order chi connectivity index (χ1) is 10.5. The van der Waals surface area contributed by atoms with E-state index in [1.165, 1.54) is 0 Å². The predicted octanol–water partition coefficient (Wildman–Crippen LogP) is 1.77. The number of aryl methyl sites for hydroxylation is 1. The molecule has 1 aromatic carbocycles. The van der Waals surface area contributed by atoms with Gasteiger partial charge in [0, 0.05) is 45.2 Å². The molecule has 3 rings (SSSR count). The molecule has 5 heteroatoms. The van der Waals surface area contributed by atoms with Crippen LogP contribution in [0.15, 0.2) is 33.7 Å². The maximum absolute atomic E-state index is 12.6. The monoisotopic (exact) mass is 300 g/mol.